The van der Waals surface area contributed by atoms with Crippen LogP contribution in [-0.2, 0) is 20.2 Å². The number of benzene rings is 2. The Bertz CT molecular complexity index is 1010. The maximum atomic E-state index is 13.5. The molecule has 0 atom stereocenters. The number of anilines is 1. The lowest BCUT2D eigenvalue weighted by molar-refractivity contribution is -0.122. The molecule has 2 aromatic rings. The molecule has 0 unspecified atom stereocenters. The summed E-state index contributed by atoms with van der Waals surface area (Å²) >= 11 is 0. The van der Waals surface area contributed by atoms with E-state index < -0.39 is 15.4 Å². The highest BCUT2D eigenvalue weighted by Crippen LogP contribution is 2.41. The van der Waals surface area contributed by atoms with Crippen molar-refractivity contribution in [2.75, 3.05) is 12.4 Å². The van der Waals surface area contributed by atoms with Gasteiger partial charge in [-0.2, -0.15) is 0 Å². The van der Waals surface area contributed by atoms with Crippen LogP contribution in [-0.4, -0.2) is 27.5 Å². The predicted octanol–water partition coefficient (Wildman–Crippen LogP) is 3.98. The summed E-state index contributed by atoms with van der Waals surface area (Å²) < 4.78 is 33.0. The molecule has 7 heteroatoms. The zero-order valence-corrected chi connectivity index (χ0v) is 18.0. The minimum Gasteiger partial charge on any atom is -0.497 e. The first-order chi connectivity index (χ1) is 14.4. The Balaban J connectivity index is 1.59. The second kappa shape index (κ2) is 8.40. The quantitative estimate of drug-likeness (QED) is 0.699. The normalized spacial score (nSPS) is 18.6. The molecule has 2 fully saturated rings. The van der Waals surface area contributed by atoms with Crippen LogP contribution in [0.2, 0.25) is 0 Å². The summed E-state index contributed by atoms with van der Waals surface area (Å²) in [4.78, 5) is 13.7. The molecule has 0 saturated heterocycles. The molecule has 0 aliphatic heterocycles. The van der Waals surface area contributed by atoms with Gasteiger partial charge < -0.3 is 10.1 Å². The first kappa shape index (κ1) is 20.9. The van der Waals surface area contributed by atoms with Crippen molar-refractivity contribution in [2.45, 2.75) is 61.3 Å². The molecule has 1 amide bonds. The van der Waals surface area contributed by atoms with Gasteiger partial charge >= 0.3 is 0 Å². The van der Waals surface area contributed by atoms with E-state index in [1.54, 1.807) is 25.3 Å². The van der Waals surface area contributed by atoms with Crippen molar-refractivity contribution in [3.63, 3.8) is 0 Å². The summed E-state index contributed by atoms with van der Waals surface area (Å²) in [6, 6.07) is 14.2. The average Bonchev–Trinajstić information content (AvgIpc) is 3.58. The van der Waals surface area contributed by atoms with Crippen molar-refractivity contribution < 1.29 is 17.9 Å². The van der Waals surface area contributed by atoms with Crippen LogP contribution >= 0.6 is 0 Å². The molecule has 2 aliphatic carbocycles. The Labute approximate surface area is 178 Å². The van der Waals surface area contributed by atoms with Gasteiger partial charge in [0.15, 0.2) is 0 Å². The third kappa shape index (κ3) is 4.37. The highest BCUT2D eigenvalue weighted by atomic mass is 32.2. The van der Waals surface area contributed by atoms with E-state index >= 15 is 0 Å². The molecule has 4 rings (SSSR count). The standard InChI is InChI=1S/C23H28N2O4S/c1-29-20-12-8-17(9-13-20)23(14-3-2-4-15-23)22(26)24-19-6-5-7-21(16-19)30(27,28)25-18-10-11-18/h5-9,12-13,16,18,25H,2-4,10-11,14-15H2,1H3,(H,24,26). The summed E-state index contributed by atoms with van der Waals surface area (Å²) in [5.41, 5.74) is 0.850. The predicted molar refractivity (Wildman–Crippen MR) is 116 cm³/mol. The monoisotopic (exact) mass is 428 g/mol. The second-order valence-electron chi connectivity index (χ2n) is 8.25. The first-order valence-electron chi connectivity index (χ1n) is 10.5. The molecule has 0 radical (unpaired) electrons. The third-order valence-corrected chi connectivity index (χ3v) is 7.60. The number of hydrogen-bond acceptors (Lipinski definition) is 4. The van der Waals surface area contributed by atoms with E-state index in [2.05, 4.69) is 10.0 Å². The number of sulfonamides is 1. The minimum absolute atomic E-state index is 0.0360. The van der Waals surface area contributed by atoms with Crippen molar-refractivity contribution in [2.24, 2.45) is 0 Å². The van der Waals surface area contributed by atoms with E-state index in [0.717, 1.165) is 56.3 Å². The van der Waals surface area contributed by atoms with Gasteiger partial charge in [0.25, 0.3) is 0 Å². The van der Waals surface area contributed by atoms with Gasteiger partial charge in [0.2, 0.25) is 15.9 Å². The molecule has 2 aromatic carbocycles. The fraction of sp³-hybridized carbons (Fsp3) is 0.435. The Hall–Kier alpha value is -2.38. The Morgan fingerprint density at radius 2 is 1.73 bits per heavy atom. The first-order valence-corrected chi connectivity index (χ1v) is 12.0. The number of carbonyl (C=O) groups excluding carboxylic acids is 1. The lowest BCUT2D eigenvalue weighted by atomic mass is 9.68. The molecule has 2 N–H and O–H groups in total. The number of amides is 1. The van der Waals surface area contributed by atoms with Gasteiger partial charge in [0.05, 0.1) is 17.4 Å². The van der Waals surface area contributed by atoms with Crippen LogP contribution in [0.1, 0.15) is 50.5 Å². The highest BCUT2D eigenvalue weighted by molar-refractivity contribution is 7.89. The molecule has 160 valence electrons. The van der Waals surface area contributed by atoms with Gasteiger partial charge in [-0.25, -0.2) is 13.1 Å². The molecular formula is C23H28N2O4S. The van der Waals surface area contributed by atoms with Gasteiger partial charge in [-0.15, -0.1) is 0 Å². The number of hydrogen-bond donors (Lipinski definition) is 2. The minimum atomic E-state index is -3.57. The van der Waals surface area contributed by atoms with Gasteiger partial charge in [-0.1, -0.05) is 37.5 Å². The van der Waals surface area contributed by atoms with Crippen LogP contribution in [0.25, 0.3) is 0 Å². The fourth-order valence-electron chi connectivity index (χ4n) is 4.19. The zero-order chi connectivity index (χ0) is 21.2. The topological polar surface area (TPSA) is 84.5 Å². The molecule has 6 nitrogen and oxygen atoms in total. The van der Waals surface area contributed by atoms with E-state index in [0.29, 0.717) is 5.69 Å². The van der Waals surface area contributed by atoms with Gasteiger partial charge in [-0.05, 0) is 61.6 Å². The van der Waals surface area contributed by atoms with Crippen molar-refractivity contribution in [1.29, 1.82) is 0 Å². The van der Waals surface area contributed by atoms with E-state index in [1.807, 2.05) is 24.3 Å². The zero-order valence-electron chi connectivity index (χ0n) is 17.2. The number of nitrogens with one attached hydrogen (secondary N) is 2. The molecular weight excluding hydrogens is 400 g/mol. The van der Waals surface area contributed by atoms with Crippen molar-refractivity contribution in [1.82, 2.24) is 4.72 Å². The van der Waals surface area contributed by atoms with Crippen molar-refractivity contribution in [3.8, 4) is 5.75 Å². The van der Waals surface area contributed by atoms with Gasteiger partial charge in [0.1, 0.15) is 5.75 Å². The number of rotatable bonds is 7. The van der Waals surface area contributed by atoms with Crippen molar-refractivity contribution in [3.05, 3.63) is 54.1 Å². The van der Waals surface area contributed by atoms with E-state index in [4.69, 9.17) is 4.74 Å². The summed E-state index contributed by atoms with van der Waals surface area (Å²) in [7, 11) is -1.95. The third-order valence-electron chi connectivity index (χ3n) is 6.09. The molecule has 2 saturated carbocycles. The Morgan fingerprint density at radius 1 is 1.03 bits per heavy atom. The summed E-state index contributed by atoms with van der Waals surface area (Å²) in [5.74, 6) is 0.670. The van der Waals surface area contributed by atoms with Crippen LogP contribution in [0.4, 0.5) is 5.69 Å². The Kier molecular flexibility index (Phi) is 5.84. The van der Waals surface area contributed by atoms with E-state index in [1.165, 1.54) is 6.07 Å². The SMILES string of the molecule is COc1ccc(C2(C(=O)Nc3cccc(S(=O)(=O)NC4CC4)c3)CCCCC2)cc1. The maximum Gasteiger partial charge on any atom is 0.240 e. The lowest BCUT2D eigenvalue weighted by Gasteiger charge is -2.36. The average molecular weight is 429 g/mol. The van der Waals surface area contributed by atoms with E-state index in [9.17, 15) is 13.2 Å². The van der Waals surface area contributed by atoms with Crippen LogP contribution < -0.4 is 14.8 Å². The van der Waals surface area contributed by atoms with Gasteiger partial charge in [0, 0.05) is 11.7 Å². The fourth-order valence-corrected chi connectivity index (χ4v) is 5.54. The molecule has 0 spiro atoms. The summed E-state index contributed by atoms with van der Waals surface area (Å²) in [5, 5.41) is 3.00. The summed E-state index contributed by atoms with van der Waals surface area (Å²) in [6.45, 7) is 0. The molecule has 2 aliphatic rings. The van der Waals surface area contributed by atoms with Crippen LogP contribution in [0.5, 0.6) is 5.75 Å². The summed E-state index contributed by atoms with van der Waals surface area (Å²) in [6.07, 6.45) is 6.38. The number of methoxy groups -OCH3 is 1. The molecule has 30 heavy (non-hydrogen) atoms. The molecule has 0 heterocycles. The molecule has 0 bridgehead atoms. The van der Waals surface area contributed by atoms with E-state index in [-0.39, 0.29) is 16.8 Å². The number of carbonyl (C=O) groups is 1. The van der Waals surface area contributed by atoms with Crippen LogP contribution in [0.15, 0.2) is 53.4 Å². The molecule has 0 aromatic heterocycles. The van der Waals surface area contributed by atoms with Gasteiger partial charge in [-0.3, -0.25) is 4.79 Å². The lowest BCUT2D eigenvalue weighted by Crippen LogP contribution is -2.42. The smallest absolute Gasteiger partial charge is 0.240 e. The van der Waals surface area contributed by atoms with Crippen molar-refractivity contribution >= 4 is 21.6 Å². The Morgan fingerprint density at radius 3 is 2.37 bits per heavy atom. The largest absolute Gasteiger partial charge is 0.497 e. The second-order valence-corrected chi connectivity index (χ2v) is 9.96. The van der Waals surface area contributed by atoms with Crippen LogP contribution in [0, 0.1) is 0 Å². The maximum absolute atomic E-state index is 13.5. The number of ether oxygens (including phenoxy) is 1. The highest BCUT2D eigenvalue weighted by Gasteiger charge is 2.41. The van der Waals surface area contributed by atoms with Crippen LogP contribution in [0.3, 0.4) is 0 Å².